The van der Waals surface area contributed by atoms with Crippen LogP contribution in [-0.2, 0) is 14.8 Å². The zero-order chi connectivity index (χ0) is 24.8. The number of nitriles is 1. The highest BCUT2D eigenvalue weighted by Gasteiger charge is 2.35. The molecule has 0 aliphatic carbocycles. The smallest absolute Gasteiger partial charge is 0.232 e. The van der Waals surface area contributed by atoms with Gasteiger partial charge in [0.15, 0.2) is 0 Å². The maximum absolute atomic E-state index is 12.4. The van der Waals surface area contributed by atoms with Crippen LogP contribution in [0.3, 0.4) is 0 Å². The van der Waals surface area contributed by atoms with E-state index in [0.717, 1.165) is 44.9 Å². The molecule has 2 aromatic carbocycles. The molecule has 2 saturated heterocycles. The topological polar surface area (TPSA) is 86.1 Å². The second-order valence-electron chi connectivity index (χ2n) is 9.05. The van der Waals surface area contributed by atoms with Crippen LogP contribution >= 0.6 is 11.6 Å². The average Bonchev–Trinajstić information content (AvgIpc) is 2.81. The molecule has 35 heavy (non-hydrogen) atoms. The lowest BCUT2D eigenvalue weighted by molar-refractivity contribution is -0.138. The molecule has 0 saturated carbocycles. The summed E-state index contributed by atoms with van der Waals surface area (Å²) in [5, 5.41) is 9.39. The van der Waals surface area contributed by atoms with Crippen molar-refractivity contribution in [3.8, 4) is 11.8 Å². The Labute approximate surface area is 212 Å². The zero-order valence-electron chi connectivity index (χ0n) is 19.8. The van der Waals surface area contributed by atoms with Gasteiger partial charge in [-0.05, 0) is 48.9 Å². The average molecular weight is 519 g/mol. The summed E-state index contributed by atoms with van der Waals surface area (Å²) in [7, 11) is -3.42. The molecule has 2 aliphatic rings. The van der Waals surface area contributed by atoms with E-state index in [0.29, 0.717) is 36.0 Å². The van der Waals surface area contributed by atoms with Gasteiger partial charge in [0.1, 0.15) is 5.75 Å². The van der Waals surface area contributed by atoms with E-state index in [9.17, 15) is 8.42 Å². The molecule has 4 rings (SSSR count). The van der Waals surface area contributed by atoms with Crippen LogP contribution < -0.4 is 9.04 Å². The lowest BCUT2D eigenvalue weighted by Gasteiger charge is -2.46. The minimum Gasteiger partial charge on any atom is -0.494 e. The van der Waals surface area contributed by atoms with Gasteiger partial charge >= 0.3 is 0 Å². The van der Waals surface area contributed by atoms with Crippen molar-refractivity contribution in [2.24, 2.45) is 0 Å². The molecule has 2 aliphatic heterocycles. The summed E-state index contributed by atoms with van der Waals surface area (Å²) in [6.07, 6.45) is 2.36. The predicted octanol–water partition coefficient (Wildman–Crippen LogP) is 2.83. The van der Waals surface area contributed by atoms with Gasteiger partial charge in [0, 0.05) is 50.8 Å². The molecule has 0 radical (unpaired) electrons. The van der Waals surface area contributed by atoms with Crippen LogP contribution in [0.25, 0.3) is 0 Å². The van der Waals surface area contributed by atoms with Crippen LogP contribution in [-0.4, -0.2) is 89.1 Å². The number of hydrogen-bond donors (Lipinski definition) is 0. The van der Waals surface area contributed by atoms with Gasteiger partial charge in [-0.2, -0.15) is 5.26 Å². The van der Waals surface area contributed by atoms with Crippen molar-refractivity contribution in [3.63, 3.8) is 0 Å². The summed E-state index contributed by atoms with van der Waals surface area (Å²) >= 11 is 6.08. The second kappa shape index (κ2) is 11.6. The Morgan fingerprint density at radius 1 is 1.09 bits per heavy atom. The SMILES string of the molecule is CS(=O)(=O)N(CCN1CC2CN(CCCOc3ccc(C#N)cc3)CC(C1)O2)c1cccc(Cl)c1. The summed E-state index contributed by atoms with van der Waals surface area (Å²) in [6.45, 7) is 5.83. The Morgan fingerprint density at radius 3 is 2.34 bits per heavy atom. The first-order chi connectivity index (χ1) is 16.8. The number of halogens is 1. The van der Waals surface area contributed by atoms with Crippen molar-refractivity contribution in [2.75, 3.05) is 63.0 Å². The predicted molar refractivity (Wildman–Crippen MR) is 136 cm³/mol. The fraction of sp³-hybridized carbons (Fsp3) is 0.480. The first-order valence-electron chi connectivity index (χ1n) is 11.8. The number of ether oxygens (including phenoxy) is 2. The van der Waals surface area contributed by atoms with E-state index in [4.69, 9.17) is 26.3 Å². The van der Waals surface area contributed by atoms with Gasteiger partial charge in [0.2, 0.25) is 10.0 Å². The molecule has 2 aromatic rings. The lowest BCUT2D eigenvalue weighted by Crippen LogP contribution is -2.60. The van der Waals surface area contributed by atoms with Gasteiger partial charge in [-0.3, -0.25) is 14.1 Å². The molecule has 2 bridgehead atoms. The molecule has 2 heterocycles. The van der Waals surface area contributed by atoms with E-state index in [1.807, 2.05) is 12.1 Å². The monoisotopic (exact) mass is 518 g/mol. The van der Waals surface area contributed by atoms with Crippen molar-refractivity contribution in [1.29, 1.82) is 5.26 Å². The molecule has 10 heteroatoms. The highest BCUT2D eigenvalue weighted by atomic mass is 35.5. The van der Waals surface area contributed by atoms with Gasteiger partial charge in [-0.25, -0.2) is 8.42 Å². The van der Waals surface area contributed by atoms with Crippen LogP contribution in [0.1, 0.15) is 12.0 Å². The van der Waals surface area contributed by atoms with Crippen LogP contribution in [0.5, 0.6) is 5.75 Å². The van der Waals surface area contributed by atoms with Crippen LogP contribution in [0.4, 0.5) is 5.69 Å². The number of fused-ring (bicyclic) bond motifs is 2. The van der Waals surface area contributed by atoms with Crippen molar-refractivity contribution in [3.05, 3.63) is 59.1 Å². The molecule has 2 fully saturated rings. The molecule has 8 nitrogen and oxygen atoms in total. The van der Waals surface area contributed by atoms with Gasteiger partial charge in [0.05, 0.1) is 42.4 Å². The van der Waals surface area contributed by atoms with Gasteiger partial charge in [-0.15, -0.1) is 0 Å². The number of benzene rings is 2. The highest BCUT2D eigenvalue weighted by Crippen LogP contribution is 2.23. The van der Waals surface area contributed by atoms with Crippen molar-refractivity contribution in [2.45, 2.75) is 18.6 Å². The number of hydrogen-bond acceptors (Lipinski definition) is 7. The van der Waals surface area contributed by atoms with Crippen LogP contribution in [0.15, 0.2) is 48.5 Å². The van der Waals surface area contributed by atoms with E-state index >= 15 is 0 Å². The van der Waals surface area contributed by atoms with Crippen LogP contribution in [0, 0.1) is 11.3 Å². The number of nitrogens with zero attached hydrogens (tertiary/aromatic N) is 4. The molecule has 0 N–H and O–H groups in total. The maximum atomic E-state index is 12.4. The molecule has 0 aromatic heterocycles. The number of rotatable bonds is 10. The van der Waals surface area contributed by atoms with Gasteiger partial charge in [0.25, 0.3) is 0 Å². The first-order valence-corrected chi connectivity index (χ1v) is 14.0. The quantitative estimate of drug-likeness (QED) is 0.447. The minimum atomic E-state index is -3.42. The standard InChI is InChI=1S/C25H31ClN4O4S/c1-35(31,32)30(22-5-2-4-21(26)14-22)12-11-29-18-24-16-28(17-25(19-29)34-24)10-3-13-33-23-8-6-20(15-27)7-9-23/h2,4-9,14,24-25H,3,10-13,16-19H2,1H3. The summed E-state index contributed by atoms with van der Waals surface area (Å²) in [5.74, 6) is 0.777. The summed E-state index contributed by atoms with van der Waals surface area (Å²) in [4.78, 5) is 4.72. The summed E-state index contributed by atoms with van der Waals surface area (Å²) in [5.41, 5.74) is 1.21. The van der Waals surface area contributed by atoms with Crippen molar-refractivity contribution >= 4 is 27.3 Å². The lowest BCUT2D eigenvalue weighted by atomic mass is 10.1. The minimum absolute atomic E-state index is 0.111. The molecule has 0 amide bonds. The number of morpholine rings is 2. The molecular weight excluding hydrogens is 488 g/mol. The molecule has 2 atom stereocenters. The molecule has 2 unspecified atom stereocenters. The fourth-order valence-electron chi connectivity index (χ4n) is 4.68. The molecule has 188 valence electrons. The van der Waals surface area contributed by atoms with E-state index in [-0.39, 0.29) is 12.2 Å². The molecule has 0 spiro atoms. The Bertz CT molecular complexity index is 1120. The van der Waals surface area contributed by atoms with E-state index in [1.54, 1.807) is 36.4 Å². The number of anilines is 1. The van der Waals surface area contributed by atoms with Crippen molar-refractivity contribution in [1.82, 2.24) is 9.80 Å². The van der Waals surface area contributed by atoms with E-state index < -0.39 is 10.0 Å². The third-order valence-corrected chi connectivity index (χ3v) is 7.65. The molecular formula is C25H31ClN4O4S. The third kappa shape index (κ3) is 7.32. The third-order valence-electron chi connectivity index (χ3n) is 6.22. The largest absolute Gasteiger partial charge is 0.494 e. The number of sulfonamides is 1. The van der Waals surface area contributed by atoms with E-state index in [1.165, 1.54) is 10.6 Å². The Balaban J connectivity index is 1.22. The maximum Gasteiger partial charge on any atom is 0.232 e. The first kappa shape index (κ1) is 25.7. The van der Waals surface area contributed by atoms with E-state index in [2.05, 4.69) is 15.9 Å². The summed E-state index contributed by atoms with van der Waals surface area (Å²) in [6, 6.07) is 16.2. The summed E-state index contributed by atoms with van der Waals surface area (Å²) < 4.78 is 38.2. The van der Waals surface area contributed by atoms with Crippen LogP contribution in [0.2, 0.25) is 5.02 Å². The highest BCUT2D eigenvalue weighted by molar-refractivity contribution is 7.92. The Hall–Kier alpha value is -2.35. The van der Waals surface area contributed by atoms with Gasteiger partial charge < -0.3 is 9.47 Å². The fourth-order valence-corrected chi connectivity index (χ4v) is 5.77. The normalized spacial score (nSPS) is 20.8. The zero-order valence-corrected chi connectivity index (χ0v) is 21.4. The van der Waals surface area contributed by atoms with Crippen molar-refractivity contribution < 1.29 is 17.9 Å². The Kier molecular flexibility index (Phi) is 8.52. The second-order valence-corrected chi connectivity index (χ2v) is 11.4. The Morgan fingerprint density at radius 2 is 1.74 bits per heavy atom. The van der Waals surface area contributed by atoms with Gasteiger partial charge in [-0.1, -0.05) is 17.7 Å².